The minimum atomic E-state index is -3.79. The molecule has 3 heterocycles. The van der Waals surface area contributed by atoms with Crippen molar-refractivity contribution in [1.29, 1.82) is 0 Å². The molecule has 1 fully saturated rings. The number of rotatable bonds is 12. The first kappa shape index (κ1) is 28.7. The van der Waals surface area contributed by atoms with Gasteiger partial charge in [-0.05, 0) is 61.6 Å². The number of ether oxygens (including phenoxy) is 2. The highest BCUT2D eigenvalue weighted by molar-refractivity contribution is 7.92. The normalized spacial score (nSPS) is 15.0. The van der Waals surface area contributed by atoms with E-state index in [1.54, 1.807) is 29.8 Å². The van der Waals surface area contributed by atoms with Crippen LogP contribution in [0.1, 0.15) is 39.2 Å². The average Bonchev–Trinajstić information content (AvgIpc) is 3.54. The predicted octanol–water partition coefficient (Wildman–Crippen LogP) is 4.87. The maximum Gasteiger partial charge on any atom is 0.295 e. The first-order valence-corrected chi connectivity index (χ1v) is 15.4. The third-order valence-corrected chi connectivity index (χ3v) is 8.02. The summed E-state index contributed by atoms with van der Waals surface area (Å²) >= 11 is 0. The van der Waals surface area contributed by atoms with Crippen LogP contribution in [0, 0.1) is 5.92 Å². The van der Waals surface area contributed by atoms with Crippen LogP contribution in [-0.4, -0.2) is 60.2 Å². The summed E-state index contributed by atoms with van der Waals surface area (Å²) in [6, 6.07) is 11.8. The van der Waals surface area contributed by atoms with Gasteiger partial charge in [0.1, 0.15) is 17.0 Å². The Labute approximate surface area is 240 Å². The Morgan fingerprint density at radius 1 is 1.10 bits per heavy atom. The molecule has 0 bridgehead atoms. The van der Waals surface area contributed by atoms with Crippen LogP contribution in [0.3, 0.4) is 0 Å². The highest BCUT2D eigenvalue weighted by Gasteiger charge is 2.22. The third kappa shape index (κ3) is 7.50. The molecule has 2 aromatic carbocycles. The number of hydrogen-bond donors (Lipinski definition) is 2. The van der Waals surface area contributed by atoms with Crippen molar-refractivity contribution in [3.8, 4) is 11.5 Å². The number of sulfonamides is 1. The molecular formula is C29H38N6O5S. The van der Waals surface area contributed by atoms with Gasteiger partial charge < -0.3 is 23.8 Å². The van der Waals surface area contributed by atoms with Gasteiger partial charge in [-0.3, -0.25) is 9.62 Å². The minimum absolute atomic E-state index is 0.0455. The second kappa shape index (κ2) is 12.4. The van der Waals surface area contributed by atoms with E-state index in [2.05, 4.69) is 50.9 Å². The van der Waals surface area contributed by atoms with Crippen LogP contribution in [0.4, 0.5) is 11.7 Å². The van der Waals surface area contributed by atoms with Crippen molar-refractivity contribution in [1.82, 2.24) is 19.4 Å². The lowest BCUT2D eigenvalue weighted by molar-refractivity contribution is 0.209. The van der Waals surface area contributed by atoms with Crippen LogP contribution >= 0.6 is 0 Å². The van der Waals surface area contributed by atoms with E-state index in [-0.39, 0.29) is 11.1 Å². The van der Waals surface area contributed by atoms with Crippen LogP contribution in [-0.2, 0) is 23.6 Å². The second-order valence-electron chi connectivity index (χ2n) is 10.8. The van der Waals surface area contributed by atoms with Crippen LogP contribution in [0.5, 0.6) is 11.5 Å². The van der Waals surface area contributed by atoms with Crippen LogP contribution in [0.25, 0.3) is 11.1 Å². The van der Waals surface area contributed by atoms with Crippen molar-refractivity contribution < 1.29 is 22.3 Å². The van der Waals surface area contributed by atoms with Crippen molar-refractivity contribution in [3.05, 3.63) is 54.5 Å². The number of likely N-dealkylation sites (tertiary alicyclic amines) is 1. The van der Waals surface area contributed by atoms with Gasteiger partial charge in [0.15, 0.2) is 10.6 Å². The van der Waals surface area contributed by atoms with Gasteiger partial charge in [-0.15, -0.1) is 0 Å². The van der Waals surface area contributed by atoms with Gasteiger partial charge in [-0.25, -0.2) is 4.98 Å². The molecule has 0 amide bonds. The number of aromatic nitrogens is 3. The topological polar surface area (TPSA) is 124 Å². The van der Waals surface area contributed by atoms with E-state index in [0.29, 0.717) is 41.9 Å². The first-order valence-electron chi connectivity index (χ1n) is 14.0. The minimum Gasteiger partial charge on any atom is -0.494 e. The van der Waals surface area contributed by atoms with Crippen molar-refractivity contribution >= 4 is 32.8 Å². The van der Waals surface area contributed by atoms with E-state index in [1.807, 2.05) is 13.0 Å². The Kier molecular flexibility index (Phi) is 8.69. The summed E-state index contributed by atoms with van der Waals surface area (Å²) in [6.45, 7) is 10.2. The van der Waals surface area contributed by atoms with Crippen LogP contribution in [0.15, 0.2) is 58.4 Å². The summed E-state index contributed by atoms with van der Waals surface area (Å²) in [7, 11) is -2.08. The fourth-order valence-corrected chi connectivity index (χ4v) is 5.81. The summed E-state index contributed by atoms with van der Waals surface area (Å²) in [5.74, 6) is 2.14. The molecule has 0 unspecified atom stereocenters. The smallest absolute Gasteiger partial charge is 0.295 e. The summed E-state index contributed by atoms with van der Waals surface area (Å²) in [5, 5.41) is 3.37. The van der Waals surface area contributed by atoms with Gasteiger partial charge in [0.05, 0.1) is 25.2 Å². The number of nitrogens with one attached hydrogen (secondary N) is 2. The summed E-state index contributed by atoms with van der Waals surface area (Å²) in [6.07, 6.45) is 4.77. The number of fused-ring (bicyclic) bond motifs is 1. The number of piperidine rings is 1. The molecule has 0 saturated carbocycles. The van der Waals surface area contributed by atoms with Gasteiger partial charge in [0.25, 0.3) is 16.0 Å². The molecular weight excluding hydrogens is 544 g/mol. The molecule has 1 aliphatic rings. The summed E-state index contributed by atoms with van der Waals surface area (Å²) < 4.78 is 47.0. The number of hydrogen-bond acceptors (Lipinski definition) is 9. The zero-order valence-electron chi connectivity index (χ0n) is 24.0. The zero-order chi connectivity index (χ0) is 29.0. The Hall–Kier alpha value is -3.77. The SMILES string of the molecule is CCOc1cc(CN2CCC(Nc3nc4cc(NS(=O)(=O)c5cn(C)cn5)ccc4o3)CC2)cc(OCC(C)C)c1. The van der Waals surface area contributed by atoms with Gasteiger partial charge in [0.2, 0.25) is 0 Å². The maximum absolute atomic E-state index is 12.6. The maximum atomic E-state index is 12.6. The van der Waals surface area contributed by atoms with E-state index < -0.39 is 10.0 Å². The molecule has 0 atom stereocenters. The molecule has 41 heavy (non-hydrogen) atoms. The molecule has 11 nitrogen and oxygen atoms in total. The van der Waals surface area contributed by atoms with Gasteiger partial charge in [-0.1, -0.05) is 13.8 Å². The predicted molar refractivity (Wildman–Crippen MR) is 158 cm³/mol. The number of nitrogens with zero attached hydrogens (tertiary/aromatic N) is 4. The fourth-order valence-electron chi connectivity index (χ4n) is 4.77. The van der Waals surface area contributed by atoms with Crippen LogP contribution < -0.4 is 19.5 Å². The lowest BCUT2D eigenvalue weighted by Crippen LogP contribution is -2.38. The highest BCUT2D eigenvalue weighted by atomic mass is 32.2. The molecule has 220 valence electrons. The summed E-state index contributed by atoms with van der Waals surface area (Å²) in [5.41, 5.74) is 2.71. The van der Waals surface area contributed by atoms with Crippen molar-refractivity contribution in [3.63, 3.8) is 0 Å². The number of anilines is 2. The number of aryl methyl sites for hydroxylation is 1. The lowest BCUT2D eigenvalue weighted by Gasteiger charge is -2.32. The lowest BCUT2D eigenvalue weighted by atomic mass is 10.0. The molecule has 2 N–H and O–H groups in total. The van der Waals surface area contributed by atoms with Crippen molar-refractivity contribution in [2.75, 3.05) is 36.3 Å². The van der Waals surface area contributed by atoms with Gasteiger partial charge in [-0.2, -0.15) is 13.4 Å². The number of benzene rings is 2. The molecule has 5 rings (SSSR count). The van der Waals surface area contributed by atoms with E-state index in [0.717, 1.165) is 44.0 Å². The van der Waals surface area contributed by atoms with E-state index >= 15 is 0 Å². The van der Waals surface area contributed by atoms with E-state index in [4.69, 9.17) is 13.9 Å². The molecule has 4 aromatic rings. The molecule has 1 saturated heterocycles. The standard InChI is InChI=1S/C29H38N6O5S/c1-5-38-24-12-21(13-25(15-24)39-18-20(2)3)16-35-10-8-22(9-11-35)31-29-32-26-14-23(6-7-27(26)40-29)33-41(36,37)28-17-34(4)19-30-28/h6-7,12-15,17,19-20,22,33H,5,8-11,16,18H2,1-4H3,(H,31,32). The zero-order valence-corrected chi connectivity index (χ0v) is 24.8. The quantitative estimate of drug-likeness (QED) is 0.241. The van der Waals surface area contributed by atoms with Gasteiger partial charge >= 0.3 is 0 Å². The molecule has 1 aliphatic heterocycles. The molecule has 0 spiro atoms. The number of imidazole rings is 1. The highest BCUT2D eigenvalue weighted by Crippen LogP contribution is 2.28. The fraction of sp³-hybridized carbons (Fsp3) is 0.448. The third-order valence-electron chi connectivity index (χ3n) is 6.75. The molecule has 2 aromatic heterocycles. The molecule has 0 radical (unpaired) electrons. The van der Waals surface area contributed by atoms with Crippen molar-refractivity contribution in [2.24, 2.45) is 13.0 Å². The Morgan fingerprint density at radius 3 is 2.54 bits per heavy atom. The Balaban J connectivity index is 1.17. The largest absolute Gasteiger partial charge is 0.494 e. The average molecular weight is 583 g/mol. The first-order chi connectivity index (χ1) is 19.7. The molecule has 12 heteroatoms. The van der Waals surface area contributed by atoms with Crippen molar-refractivity contribution in [2.45, 2.75) is 51.2 Å². The Morgan fingerprint density at radius 2 is 1.85 bits per heavy atom. The monoisotopic (exact) mass is 582 g/mol. The van der Waals surface area contributed by atoms with E-state index in [1.165, 1.54) is 18.1 Å². The van der Waals surface area contributed by atoms with Crippen LogP contribution in [0.2, 0.25) is 0 Å². The van der Waals surface area contributed by atoms with E-state index in [9.17, 15) is 8.42 Å². The summed E-state index contributed by atoms with van der Waals surface area (Å²) in [4.78, 5) is 10.9. The molecule has 0 aliphatic carbocycles. The van der Waals surface area contributed by atoms with Gasteiger partial charge in [0, 0.05) is 45.0 Å². The number of oxazole rings is 1. The second-order valence-corrected chi connectivity index (χ2v) is 12.5. The Bertz CT molecular complexity index is 1570.